The van der Waals surface area contributed by atoms with Crippen molar-refractivity contribution in [2.24, 2.45) is 0 Å². The van der Waals surface area contributed by atoms with E-state index < -0.39 is 24.3 Å². The van der Waals surface area contributed by atoms with E-state index in [1.807, 2.05) is 40.5 Å². The Kier molecular flexibility index (Phi) is 4.15. The van der Waals surface area contributed by atoms with Crippen LogP contribution in [0.15, 0.2) is 30.3 Å². The fourth-order valence-corrected chi connectivity index (χ4v) is 2.13. The van der Waals surface area contributed by atoms with Crippen LogP contribution in [0.25, 0.3) is 0 Å². The molecule has 1 aliphatic rings. The standard InChI is InChI=1S/C13H14F4N2O/c14-11(15)13(16,17)12(20)18-9-6-7-19(8-9)10-4-2-1-3-5-10/h1-5,9,11H,6-8H2,(H,18,20). The van der Waals surface area contributed by atoms with Crippen LogP contribution < -0.4 is 10.2 Å². The molecule has 1 heterocycles. The third kappa shape index (κ3) is 3.02. The van der Waals surface area contributed by atoms with Crippen LogP contribution in [0.1, 0.15) is 6.42 Å². The average Bonchev–Trinajstić information content (AvgIpc) is 2.88. The van der Waals surface area contributed by atoms with E-state index in [-0.39, 0.29) is 0 Å². The van der Waals surface area contributed by atoms with E-state index in [2.05, 4.69) is 0 Å². The van der Waals surface area contributed by atoms with Crippen molar-refractivity contribution in [2.75, 3.05) is 18.0 Å². The van der Waals surface area contributed by atoms with Crippen LogP contribution in [-0.4, -0.2) is 37.4 Å². The van der Waals surface area contributed by atoms with Gasteiger partial charge in [0.1, 0.15) is 0 Å². The molecule has 1 aliphatic heterocycles. The van der Waals surface area contributed by atoms with Gasteiger partial charge in [0.2, 0.25) is 0 Å². The van der Waals surface area contributed by atoms with Crippen LogP contribution in [0, 0.1) is 0 Å². The highest BCUT2D eigenvalue weighted by Crippen LogP contribution is 2.24. The van der Waals surface area contributed by atoms with E-state index in [4.69, 9.17) is 0 Å². The number of nitrogens with zero attached hydrogens (tertiary/aromatic N) is 1. The highest BCUT2D eigenvalue weighted by atomic mass is 19.3. The molecule has 2 rings (SSSR count). The summed E-state index contributed by atoms with van der Waals surface area (Å²) in [4.78, 5) is 13.1. The third-order valence-corrected chi connectivity index (χ3v) is 3.22. The SMILES string of the molecule is O=C(NC1CCN(c2ccccc2)C1)C(F)(F)C(F)F. The van der Waals surface area contributed by atoms with Gasteiger partial charge in [-0.1, -0.05) is 18.2 Å². The predicted octanol–water partition coefficient (Wildman–Crippen LogP) is 2.28. The number of anilines is 1. The zero-order valence-electron chi connectivity index (χ0n) is 10.5. The Bertz CT molecular complexity index is 467. The minimum absolute atomic E-state index is 0.328. The lowest BCUT2D eigenvalue weighted by Crippen LogP contribution is -2.49. The smallest absolute Gasteiger partial charge is 0.369 e. The highest BCUT2D eigenvalue weighted by molar-refractivity contribution is 5.84. The molecule has 20 heavy (non-hydrogen) atoms. The lowest BCUT2D eigenvalue weighted by Gasteiger charge is -2.20. The number of amides is 1. The molecule has 0 bridgehead atoms. The van der Waals surface area contributed by atoms with Crippen molar-refractivity contribution in [2.45, 2.75) is 24.8 Å². The zero-order valence-corrected chi connectivity index (χ0v) is 10.5. The van der Waals surface area contributed by atoms with Gasteiger partial charge in [-0.2, -0.15) is 8.78 Å². The minimum atomic E-state index is -4.64. The molecule has 110 valence electrons. The number of hydrogen-bond donors (Lipinski definition) is 1. The second kappa shape index (κ2) is 5.68. The molecule has 1 unspecified atom stereocenters. The van der Waals surface area contributed by atoms with Gasteiger partial charge in [0.25, 0.3) is 5.91 Å². The number of nitrogens with one attached hydrogen (secondary N) is 1. The van der Waals surface area contributed by atoms with Crippen LogP contribution in [0.5, 0.6) is 0 Å². The molecular weight excluding hydrogens is 276 g/mol. The van der Waals surface area contributed by atoms with Crippen molar-refractivity contribution >= 4 is 11.6 Å². The van der Waals surface area contributed by atoms with E-state index in [0.29, 0.717) is 19.5 Å². The van der Waals surface area contributed by atoms with Crippen molar-refractivity contribution in [1.82, 2.24) is 5.32 Å². The summed E-state index contributed by atoms with van der Waals surface area (Å²) in [6.07, 6.45) is -3.55. The third-order valence-electron chi connectivity index (χ3n) is 3.22. The Hall–Kier alpha value is -1.79. The van der Waals surface area contributed by atoms with Gasteiger partial charge in [0.05, 0.1) is 0 Å². The van der Waals surface area contributed by atoms with Crippen molar-refractivity contribution in [3.05, 3.63) is 30.3 Å². The molecule has 1 amide bonds. The van der Waals surface area contributed by atoms with E-state index in [0.717, 1.165) is 5.69 Å². The van der Waals surface area contributed by atoms with Crippen LogP contribution in [0.3, 0.4) is 0 Å². The van der Waals surface area contributed by atoms with Crippen molar-refractivity contribution < 1.29 is 22.4 Å². The number of carbonyl (C=O) groups is 1. The van der Waals surface area contributed by atoms with Gasteiger partial charge in [0, 0.05) is 24.8 Å². The van der Waals surface area contributed by atoms with Gasteiger partial charge in [-0.3, -0.25) is 4.79 Å². The Morgan fingerprint density at radius 3 is 2.55 bits per heavy atom. The van der Waals surface area contributed by atoms with Crippen LogP contribution >= 0.6 is 0 Å². The summed E-state index contributed by atoms with van der Waals surface area (Å²) in [5.74, 6) is -6.55. The largest absolute Gasteiger partial charge is 0.383 e. The second-order valence-electron chi connectivity index (χ2n) is 4.66. The summed E-state index contributed by atoms with van der Waals surface area (Å²) in [5, 5.41) is 1.99. The van der Waals surface area contributed by atoms with Crippen molar-refractivity contribution in [3.8, 4) is 0 Å². The van der Waals surface area contributed by atoms with E-state index in [1.165, 1.54) is 0 Å². The maximum atomic E-state index is 12.8. The van der Waals surface area contributed by atoms with Gasteiger partial charge in [-0.15, -0.1) is 0 Å². The molecule has 1 fully saturated rings. The molecule has 0 aromatic heterocycles. The molecule has 1 aromatic rings. The van der Waals surface area contributed by atoms with Crippen molar-refractivity contribution in [3.63, 3.8) is 0 Å². The Morgan fingerprint density at radius 1 is 1.30 bits per heavy atom. The summed E-state index contributed by atoms with van der Waals surface area (Å²) in [5.41, 5.74) is 0.907. The van der Waals surface area contributed by atoms with Crippen molar-refractivity contribution in [1.29, 1.82) is 0 Å². The zero-order chi connectivity index (χ0) is 14.8. The molecule has 1 saturated heterocycles. The first-order valence-electron chi connectivity index (χ1n) is 6.18. The monoisotopic (exact) mass is 290 g/mol. The number of carbonyl (C=O) groups excluding carboxylic acids is 1. The lowest BCUT2D eigenvalue weighted by atomic mass is 10.2. The molecule has 0 aliphatic carbocycles. The predicted molar refractivity (Wildman–Crippen MR) is 66.2 cm³/mol. The molecule has 3 nitrogen and oxygen atoms in total. The topological polar surface area (TPSA) is 32.3 Å². The van der Waals surface area contributed by atoms with E-state index >= 15 is 0 Å². The number of halogens is 4. The highest BCUT2D eigenvalue weighted by Gasteiger charge is 2.49. The summed E-state index contributed by atoms with van der Waals surface area (Å²) < 4.78 is 49.8. The fraction of sp³-hybridized carbons (Fsp3) is 0.462. The molecule has 1 atom stereocenters. The lowest BCUT2D eigenvalue weighted by molar-refractivity contribution is -0.170. The van der Waals surface area contributed by atoms with Gasteiger partial charge in [-0.05, 0) is 18.6 Å². The number of para-hydroxylation sites is 1. The Labute approximate surface area is 113 Å². The first-order valence-corrected chi connectivity index (χ1v) is 6.18. The Morgan fingerprint density at radius 2 is 1.95 bits per heavy atom. The summed E-state index contributed by atoms with van der Waals surface area (Å²) in [6, 6.07) is 8.70. The molecule has 0 saturated carbocycles. The molecule has 1 N–H and O–H groups in total. The minimum Gasteiger partial charge on any atom is -0.369 e. The summed E-state index contributed by atoms with van der Waals surface area (Å²) in [6.45, 7) is 0.907. The van der Waals surface area contributed by atoms with Crippen LogP contribution in [-0.2, 0) is 4.79 Å². The van der Waals surface area contributed by atoms with Gasteiger partial charge in [0.15, 0.2) is 0 Å². The van der Waals surface area contributed by atoms with E-state index in [1.54, 1.807) is 0 Å². The number of benzene rings is 1. The maximum Gasteiger partial charge on any atom is 0.383 e. The van der Waals surface area contributed by atoms with Crippen LogP contribution in [0.4, 0.5) is 23.2 Å². The van der Waals surface area contributed by atoms with Gasteiger partial charge >= 0.3 is 12.3 Å². The average molecular weight is 290 g/mol. The summed E-state index contributed by atoms with van der Waals surface area (Å²) in [7, 11) is 0. The summed E-state index contributed by atoms with van der Waals surface area (Å²) >= 11 is 0. The van der Waals surface area contributed by atoms with Gasteiger partial charge < -0.3 is 10.2 Å². The Balaban J connectivity index is 1.93. The first-order chi connectivity index (χ1) is 9.41. The molecule has 7 heteroatoms. The quantitative estimate of drug-likeness (QED) is 0.863. The molecule has 0 radical (unpaired) electrons. The van der Waals surface area contributed by atoms with E-state index in [9.17, 15) is 22.4 Å². The fourth-order valence-electron chi connectivity index (χ4n) is 2.13. The van der Waals surface area contributed by atoms with Gasteiger partial charge in [-0.25, -0.2) is 8.78 Å². The molecule has 0 spiro atoms. The maximum absolute atomic E-state index is 12.8. The number of alkyl halides is 4. The first kappa shape index (κ1) is 14.6. The normalized spacial score (nSPS) is 19.4. The molecular formula is C13H14F4N2O. The number of rotatable bonds is 4. The number of hydrogen-bond acceptors (Lipinski definition) is 2. The molecule has 1 aromatic carbocycles. The second-order valence-corrected chi connectivity index (χ2v) is 4.66. The van der Waals surface area contributed by atoms with Crippen LogP contribution in [0.2, 0.25) is 0 Å².